The van der Waals surface area contributed by atoms with E-state index >= 15 is 0 Å². The Kier molecular flexibility index (Phi) is 4.34. The maximum atomic E-state index is 12.6. The lowest BCUT2D eigenvalue weighted by atomic mass is 9.84. The van der Waals surface area contributed by atoms with E-state index in [-0.39, 0.29) is 5.56 Å². The predicted molar refractivity (Wildman–Crippen MR) is 85.4 cm³/mol. The number of nitrogens with zero attached hydrogens (tertiary/aromatic N) is 2. The van der Waals surface area contributed by atoms with Gasteiger partial charge in [0.25, 0.3) is 5.56 Å². The molecular weight excluding hydrogens is 262 g/mol. The molecule has 1 atom stereocenters. The van der Waals surface area contributed by atoms with E-state index in [2.05, 4.69) is 10.3 Å². The lowest BCUT2D eigenvalue weighted by Gasteiger charge is -2.30. The first-order valence-corrected chi connectivity index (χ1v) is 7.91. The summed E-state index contributed by atoms with van der Waals surface area (Å²) in [5.74, 6) is 0.669. The van der Waals surface area contributed by atoms with Crippen LogP contribution in [0.3, 0.4) is 0 Å². The van der Waals surface area contributed by atoms with E-state index in [0.29, 0.717) is 23.9 Å². The van der Waals surface area contributed by atoms with Crippen molar-refractivity contribution in [2.24, 2.45) is 5.92 Å². The monoisotopic (exact) mass is 285 g/mol. The van der Waals surface area contributed by atoms with E-state index in [1.54, 1.807) is 10.9 Å². The Balaban J connectivity index is 1.86. The van der Waals surface area contributed by atoms with Gasteiger partial charge in [-0.05, 0) is 37.9 Å². The third kappa shape index (κ3) is 3.00. The van der Waals surface area contributed by atoms with Gasteiger partial charge < -0.3 is 5.32 Å². The molecule has 1 unspecified atom stereocenters. The molecule has 1 aliphatic carbocycles. The zero-order valence-corrected chi connectivity index (χ0v) is 12.6. The molecule has 3 rings (SSSR count). The predicted octanol–water partition coefficient (Wildman–Crippen LogP) is 2.56. The van der Waals surface area contributed by atoms with Crippen molar-refractivity contribution in [1.29, 1.82) is 0 Å². The van der Waals surface area contributed by atoms with Gasteiger partial charge in [0, 0.05) is 12.6 Å². The molecule has 4 nitrogen and oxygen atoms in total. The van der Waals surface area contributed by atoms with Gasteiger partial charge in [0.1, 0.15) is 0 Å². The molecular formula is C17H23N3O. The maximum Gasteiger partial charge on any atom is 0.261 e. The molecule has 1 fully saturated rings. The Hall–Kier alpha value is -1.68. The maximum absolute atomic E-state index is 12.6. The third-order valence-corrected chi connectivity index (χ3v) is 4.71. The first-order chi connectivity index (χ1) is 10.3. The van der Waals surface area contributed by atoms with Crippen LogP contribution in [0.25, 0.3) is 10.9 Å². The normalized spacial score (nSPS) is 18.0. The second kappa shape index (κ2) is 6.39. The van der Waals surface area contributed by atoms with Gasteiger partial charge in [-0.25, -0.2) is 4.98 Å². The summed E-state index contributed by atoms with van der Waals surface area (Å²) in [5.41, 5.74) is 0.842. The first-order valence-electron chi connectivity index (χ1n) is 7.91. The van der Waals surface area contributed by atoms with E-state index in [9.17, 15) is 4.79 Å². The van der Waals surface area contributed by atoms with Gasteiger partial charge in [-0.15, -0.1) is 0 Å². The Morgan fingerprint density at radius 3 is 2.81 bits per heavy atom. The minimum Gasteiger partial charge on any atom is -0.315 e. The van der Waals surface area contributed by atoms with Crippen molar-refractivity contribution in [2.75, 3.05) is 7.05 Å². The van der Waals surface area contributed by atoms with Crippen LogP contribution < -0.4 is 10.9 Å². The van der Waals surface area contributed by atoms with E-state index in [4.69, 9.17) is 0 Å². The molecule has 0 amide bonds. The largest absolute Gasteiger partial charge is 0.315 e. The van der Waals surface area contributed by atoms with E-state index in [1.807, 2.05) is 31.3 Å². The Labute approximate surface area is 125 Å². The average Bonchev–Trinajstić information content (AvgIpc) is 2.55. The smallest absolute Gasteiger partial charge is 0.261 e. The lowest BCUT2D eigenvalue weighted by Crippen LogP contribution is -2.41. The number of hydrogen-bond donors (Lipinski definition) is 1. The molecule has 4 heteroatoms. The Morgan fingerprint density at radius 1 is 1.29 bits per heavy atom. The molecule has 1 aliphatic rings. The number of rotatable bonds is 4. The molecule has 0 saturated heterocycles. The number of para-hydroxylation sites is 1. The highest BCUT2D eigenvalue weighted by Gasteiger charge is 2.23. The van der Waals surface area contributed by atoms with Crippen molar-refractivity contribution < 1.29 is 0 Å². The van der Waals surface area contributed by atoms with Crippen molar-refractivity contribution in [2.45, 2.75) is 44.7 Å². The minimum absolute atomic E-state index is 0.0664. The topological polar surface area (TPSA) is 46.9 Å². The fourth-order valence-corrected chi connectivity index (χ4v) is 3.46. The van der Waals surface area contributed by atoms with Crippen LogP contribution in [0.15, 0.2) is 35.4 Å². The third-order valence-electron chi connectivity index (χ3n) is 4.71. The van der Waals surface area contributed by atoms with E-state index < -0.39 is 0 Å². The molecule has 0 bridgehead atoms. The summed E-state index contributed by atoms with van der Waals surface area (Å²) in [7, 11) is 2.00. The summed E-state index contributed by atoms with van der Waals surface area (Å²) in [5, 5.41) is 4.11. The second-order valence-corrected chi connectivity index (χ2v) is 6.01. The lowest BCUT2D eigenvalue weighted by molar-refractivity contribution is 0.256. The van der Waals surface area contributed by atoms with Crippen LogP contribution in [0, 0.1) is 5.92 Å². The van der Waals surface area contributed by atoms with E-state index in [0.717, 1.165) is 5.52 Å². The number of likely N-dealkylation sites (N-methyl/N-ethyl adjacent to an activating group) is 1. The number of benzene rings is 1. The van der Waals surface area contributed by atoms with Crippen molar-refractivity contribution in [3.8, 4) is 0 Å². The Morgan fingerprint density at radius 2 is 2.05 bits per heavy atom. The molecule has 0 aliphatic heterocycles. The molecule has 1 N–H and O–H groups in total. The van der Waals surface area contributed by atoms with Gasteiger partial charge in [-0.1, -0.05) is 31.4 Å². The molecule has 0 spiro atoms. The quantitative estimate of drug-likeness (QED) is 0.939. The van der Waals surface area contributed by atoms with Crippen molar-refractivity contribution in [1.82, 2.24) is 14.9 Å². The van der Waals surface area contributed by atoms with Crippen molar-refractivity contribution in [3.05, 3.63) is 40.9 Å². The van der Waals surface area contributed by atoms with Crippen LogP contribution in [0.1, 0.15) is 32.1 Å². The van der Waals surface area contributed by atoms with Crippen LogP contribution in [0.2, 0.25) is 0 Å². The zero-order valence-electron chi connectivity index (χ0n) is 12.6. The van der Waals surface area contributed by atoms with Gasteiger partial charge in [0.2, 0.25) is 0 Å². The average molecular weight is 285 g/mol. The summed E-state index contributed by atoms with van der Waals surface area (Å²) >= 11 is 0. The molecule has 1 aromatic heterocycles. The summed E-state index contributed by atoms with van der Waals surface area (Å²) in [6.45, 7) is 0.706. The Bertz CT molecular complexity index is 658. The highest BCUT2D eigenvalue weighted by atomic mass is 16.1. The highest BCUT2D eigenvalue weighted by molar-refractivity contribution is 5.76. The fourth-order valence-electron chi connectivity index (χ4n) is 3.46. The molecule has 1 heterocycles. The molecule has 21 heavy (non-hydrogen) atoms. The van der Waals surface area contributed by atoms with Gasteiger partial charge >= 0.3 is 0 Å². The van der Waals surface area contributed by atoms with Crippen molar-refractivity contribution >= 4 is 10.9 Å². The van der Waals surface area contributed by atoms with Gasteiger partial charge in [0.05, 0.1) is 17.2 Å². The zero-order chi connectivity index (χ0) is 14.7. The second-order valence-electron chi connectivity index (χ2n) is 6.01. The first kappa shape index (κ1) is 14.3. The van der Waals surface area contributed by atoms with Crippen LogP contribution in [0.4, 0.5) is 0 Å². The highest BCUT2D eigenvalue weighted by Crippen LogP contribution is 2.26. The standard InChI is InChI=1S/C17H23N3O/c1-18-16(13-7-3-2-4-8-13)11-20-12-19-15-10-6-5-9-14(15)17(20)21/h5-6,9-10,12-13,16,18H,2-4,7-8,11H2,1H3. The number of aromatic nitrogens is 2. The number of nitrogens with one attached hydrogen (secondary N) is 1. The SMILES string of the molecule is CNC(Cn1cnc2ccccc2c1=O)C1CCCCC1. The molecule has 2 aromatic rings. The minimum atomic E-state index is 0.0664. The summed E-state index contributed by atoms with van der Waals surface area (Å²) in [6.07, 6.45) is 8.20. The number of hydrogen-bond acceptors (Lipinski definition) is 3. The van der Waals surface area contributed by atoms with Crippen LogP contribution in [-0.2, 0) is 6.54 Å². The molecule has 1 aromatic carbocycles. The van der Waals surface area contributed by atoms with Gasteiger partial charge in [-0.2, -0.15) is 0 Å². The van der Waals surface area contributed by atoms with Crippen molar-refractivity contribution in [3.63, 3.8) is 0 Å². The number of fused-ring (bicyclic) bond motifs is 1. The summed E-state index contributed by atoms with van der Waals surface area (Å²) in [6, 6.07) is 7.91. The molecule has 112 valence electrons. The van der Waals surface area contributed by atoms with E-state index in [1.165, 1.54) is 32.1 Å². The van der Waals surface area contributed by atoms with Crippen LogP contribution >= 0.6 is 0 Å². The van der Waals surface area contributed by atoms with Gasteiger partial charge in [-0.3, -0.25) is 9.36 Å². The van der Waals surface area contributed by atoms with Crippen LogP contribution in [0.5, 0.6) is 0 Å². The van der Waals surface area contributed by atoms with Crippen LogP contribution in [-0.4, -0.2) is 22.6 Å². The fraction of sp³-hybridized carbons (Fsp3) is 0.529. The summed E-state index contributed by atoms with van der Waals surface area (Å²) < 4.78 is 1.76. The van der Waals surface area contributed by atoms with Gasteiger partial charge in [0.15, 0.2) is 0 Å². The molecule has 0 radical (unpaired) electrons. The molecule has 1 saturated carbocycles. The summed E-state index contributed by atoms with van der Waals surface area (Å²) in [4.78, 5) is 17.0.